The van der Waals surface area contributed by atoms with Crippen LogP contribution in [0.4, 0.5) is 4.79 Å². The number of ether oxygens (including phenoxy) is 3. The first-order valence-electron chi connectivity index (χ1n) is 13.9. The summed E-state index contributed by atoms with van der Waals surface area (Å²) in [6.07, 6.45) is 5.62. The Morgan fingerprint density at radius 3 is 2.55 bits per heavy atom. The fourth-order valence-electron chi connectivity index (χ4n) is 7.12. The molecular formula is C31H41N2O5+. The number of hydrogen-bond donors (Lipinski definition) is 1. The third-order valence-electron chi connectivity index (χ3n) is 9.05. The summed E-state index contributed by atoms with van der Waals surface area (Å²) in [6, 6.07) is 17.6. The third-order valence-corrected chi connectivity index (χ3v) is 9.05. The first-order chi connectivity index (χ1) is 18.2. The highest BCUT2D eigenvalue weighted by molar-refractivity contribution is 5.69. The molecule has 2 saturated carbocycles. The number of likely N-dealkylation sites (tertiary alicyclic amines) is 1. The molecule has 0 spiro atoms. The van der Waals surface area contributed by atoms with Crippen molar-refractivity contribution >= 4 is 12.1 Å². The van der Waals surface area contributed by atoms with E-state index in [1.54, 1.807) is 0 Å². The van der Waals surface area contributed by atoms with E-state index >= 15 is 0 Å². The summed E-state index contributed by atoms with van der Waals surface area (Å²) in [5, 5.41) is 3.16. The number of benzene rings is 2. The zero-order chi connectivity index (χ0) is 26.8. The molecule has 0 bridgehead atoms. The predicted octanol–water partition coefficient (Wildman–Crippen LogP) is 4.97. The number of esters is 1. The highest BCUT2D eigenvalue weighted by atomic mass is 16.5. The number of piperidine rings is 1. The molecule has 0 aromatic heterocycles. The predicted molar refractivity (Wildman–Crippen MR) is 145 cm³/mol. The first kappa shape index (κ1) is 26.7. The van der Waals surface area contributed by atoms with E-state index in [4.69, 9.17) is 14.2 Å². The zero-order valence-corrected chi connectivity index (χ0v) is 22.9. The second-order valence-corrected chi connectivity index (χ2v) is 11.9. The van der Waals surface area contributed by atoms with Crippen LogP contribution in [-0.4, -0.2) is 62.0 Å². The highest BCUT2D eigenvalue weighted by Gasteiger charge is 2.63. The largest absolute Gasteiger partial charge is 0.445 e. The zero-order valence-electron chi connectivity index (χ0n) is 22.9. The van der Waals surface area contributed by atoms with Gasteiger partial charge in [0.2, 0.25) is 0 Å². The SMILES string of the molecule is COC12CC[C@H](NC(=O)OCc3ccccc3)C[C@]1(c1cccc(OC(C)=O)c1)CC[N@+](C)(CC1CC1)C2. The molecule has 38 heavy (non-hydrogen) atoms. The second kappa shape index (κ2) is 10.7. The molecule has 2 aromatic rings. The summed E-state index contributed by atoms with van der Waals surface area (Å²) < 4.78 is 18.6. The number of quaternary nitrogens is 1. The number of carbonyl (C=O) groups excluding carboxylic acids is 2. The molecule has 7 heteroatoms. The number of methoxy groups -OCH3 is 1. The van der Waals surface area contributed by atoms with Gasteiger partial charge in [0.1, 0.15) is 24.5 Å². The minimum atomic E-state index is -0.391. The van der Waals surface area contributed by atoms with Gasteiger partial charge in [0, 0.05) is 37.8 Å². The molecule has 0 radical (unpaired) electrons. The summed E-state index contributed by atoms with van der Waals surface area (Å²) in [5.41, 5.74) is 1.37. The Morgan fingerprint density at radius 1 is 1.05 bits per heavy atom. The van der Waals surface area contributed by atoms with Crippen molar-refractivity contribution in [3.63, 3.8) is 0 Å². The maximum absolute atomic E-state index is 12.8. The van der Waals surface area contributed by atoms with Crippen LogP contribution in [-0.2, 0) is 26.3 Å². The molecule has 1 saturated heterocycles. The fraction of sp³-hybridized carbons (Fsp3) is 0.548. The van der Waals surface area contributed by atoms with Crippen LogP contribution in [0.3, 0.4) is 0 Å². The molecule has 2 aliphatic carbocycles. The van der Waals surface area contributed by atoms with Crippen LogP contribution in [0.2, 0.25) is 0 Å². The van der Waals surface area contributed by atoms with Gasteiger partial charge in [0.15, 0.2) is 0 Å². The van der Waals surface area contributed by atoms with Crippen LogP contribution >= 0.6 is 0 Å². The van der Waals surface area contributed by atoms with Crippen molar-refractivity contribution in [3.8, 4) is 5.75 Å². The number of amides is 1. The van der Waals surface area contributed by atoms with Gasteiger partial charge >= 0.3 is 12.1 Å². The van der Waals surface area contributed by atoms with Crippen molar-refractivity contribution in [2.45, 2.75) is 69.1 Å². The lowest BCUT2D eigenvalue weighted by Gasteiger charge is -2.61. The van der Waals surface area contributed by atoms with E-state index in [9.17, 15) is 9.59 Å². The third kappa shape index (κ3) is 5.59. The van der Waals surface area contributed by atoms with Crippen molar-refractivity contribution in [2.24, 2.45) is 5.92 Å². The number of alkyl carbamates (subject to hydrolysis) is 1. The van der Waals surface area contributed by atoms with Gasteiger partial charge in [0.05, 0.1) is 20.1 Å². The summed E-state index contributed by atoms with van der Waals surface area (Å²) in [7, 11) is 4.23. The van der Waals surface area contributed by atoms with Gasteiger partial charge in [-0.25, -0.2) is 4.79 Å². The van der Waals surface area contributed by atoms with Gasteiger partial charge in [-0.3, -0.25) is 4.79 Å². The minimum absolute atomic E-state index is 0.0424. The van der Waals surface area contributed by atoms with Crippen molar-refractivity contribution in [3.05, 3.63) is 65.7 Å². The maximum atomic E-state index is 12.8. The molecule has 1 heterocycles. The van der Waals surface area contributed by atoms with E-state index in [0.29, 0.717) is 5.75 Å². The Kier molecular flexibility index (Phi) is 7.51. The van der Waals surface area contributed by atoms with Crippen molar-refractivity contribution in [2.75, 3.05) is 33.8 Å². The highest BCUT2D eigenvalue weighted by Crippen LogP contribution is 2.55. The van der Waals surface area contributed by atoms with Gasteiger partial charge in [-0.05, 0) is 55.4 Å². The molecule has 1 aliphatic heterocycles. The normalized spacial score (nSPS) is 30.7. The van der Waals surface area contributed by atoms with Crippen molar-refractivity contribution in [1.82, 2.24) is 5.32 Å². The number of hydrogen-bond acceptors (Lipinski definition) is 5. The van der Waals surface area contributed by atoms with Crippen LogP contribution in [0.15, 0.2) is 54.6 Å². The monoisotopic (exact) mass is 521 g/mol. The van der Waals surface area contributed by atoms with Gasteiger partial charge in [0.25, 0.3) is 0 Å². The summed E-state index contributed by atoms with van der Waals surface area (Å²) >= 11 is 0. The standard InChI is InChI=1S/C31H40N2O5/c1-23(34)38-28-11-7-10-26(18-28)30-16-17-33(2,20-24-12-13-24)22-31(30,36-3)15-14-27(19-30)32-29(35)37-21-25-8-5-4-6-9-25/h4-11,18,24,27H,12-17,19-22H2,1-3H3/p+1/t27-,30-,31?,33+/m0/s1. The molecule has 5 rings (SSSR count). The minimum Gasteiger partial charge on any atom is -0.445 e. The van der Waals surface area contributed by atoms with Gasteiger partial charge in [-0.1, -0.05) is 42.5 Å². The number of carbonyl (C=O) groups is 2. The molecule has 1 N–H and O–H groups in total. The summed E-state index contributed by atoms with van der Waals surface area (Å²) in [4.78, 5) is 24.5. The van der Waals surface area contributed by atoms with Crippen LogP contribution < -0.4 is 10.1 Å². The van der Waals surface area contributed by atoms with Crippen LogP contribution in [0, 0.1) is 5.92 Å². The summed E-state index contributed by atoms with van der Waals surface area (Å²) in [5.74, 6) is 1.04. The Morgan fingerprint density at radius 2 is 1.84 bits per heavy atom. The van der Waals surface area contributed by atoms with E-state index in [-0.39, 0.29) is 29.6 Å². The van der Waals surface area contributed by atoms with Gasteiger partial charge in [-0.15, -0.1) is 0 Å². The fourth-order valence-corrected chi connectivity index (χ4v) is 7.12. The first-order valence-corrected chi connectivity index (χ1v) is 13.9. The quantitative estimate of drug-likeness (QED) is 0.302. The lowest BCUT2D eigenvalue weighted by atomic mass is 9.54. The molecule has 4 atom stereocenters. The Hall–Kier alpha value is -2.90. The second-order valence-electron chi connectivity index (χ2n) is 11.9. The Labute approximate surface area is 226 Å². The van der Waals surface area contributed by atoms with E-state index in [2.05, 4.69) is 18.4 Å². The molecule has 204 valence electrons. The summed E-state index contributed by atoms with van der Waals surface area (Å²) in [6.45, 7) is 4.84. The molecule has 3 aliphatic rings. The maximum Gasteiger partial charge on any atom is 0.407 e. The van der Waals surface area contributed by atoms with Crippen molar-refractivity contribution in [1.29, 1.82) is 0 Å². The topological polar surface area (TPSA) is 73.9 Å². The molecule has 1 amide bonds. The number of likely N-dealkylation sites (N-methyl/N-ethyl adjacent to an activating group) is 1. The van der Waals surface area contributed by atoms with Crippen LogP contribution in [0.5, 0.6) is 5.75 Å². The number of nitrogens with zero attached hydrogens (tertiary/aromatic N) is 1. The molecule has 2 aromatic carbocycles. The molecule has 7 nitrogen and oxygen atoms in total. The van der Waals surface area contributed by atoms with Gasteiger partial charge in [-0.2, -0.15) is 0 Å². The average Bonchev–Trinajstić information content (AvgIpc) is 3.71. The Balaban J connectivity index is 1.40. The molecule has 3 fully saturated rings. The lowest BCUT2D eigenvalue weighted by Crippen LogP contribution is -2.72. The average molecular weight is 522 g/mol. The van der Waals surface area contributed by atoms with E-state index < -0.39 is 6.09 Å². The number of nitrogens with one attached hydrogen (secondary N) is 1. The molecule has 1 unspecified atom stereocenters. The smallest absolute Gasteiger partial charge is 0.407 e. The number of rotatable bonds is 8. The van der Waals surface area contributed by atoms with Crippen LogP contribution in [0.1, 0.15) is 56.6 Å². The lowest BCUT2D eigenvalue weighted by molar-refractivity contribution is -0.925. The van der Waals surface area contributed by atoms with Crippen LogP contribution in [0.25, 0.3) is 0 Å². The van der Waals surface area contributed by atoms with E-state index in [1.165, 1.54) is 26.3 Å². The van der Waals surface area contributed by atoms with Crippen molar-refractivity contribution < 1.29 is 28.3 Å². The van der Waals surface area contributed by atoms with E-state index in [0.717, 1.165) is 60.3 Å². The van der Waals surface area contributed by atoms with E-state index in [1.807, 2.05) is 55.6 Å². The Bertz CT molecular complexity index is 1150. The van der Waals surface area contributed by atoms with Gasteiger partial charge < -0.3 is 24.0 Å². The number of fused-ring (bicyclic) bond motifs is 1. The molecular weight excluding hydrogens is 480 g/mol.